The highest BCUT2D eigenvalue weighted by Gasteiger charge is 2.53. The van der Waals surface area contributed by atoms with E-state index >= 15 is 0 Å². The van der Waals surface area contributed by atoms with E-state index in [1.165, 1.54) is 23.5 Å². The number of nitrogens with two attached hydrogens (primary N) is 2. The minimum atomic E-state index is -1.47. The van der Waals surface area contributed by atoms with Gasteiger partial charge in [0.25, 0.3) is 11.8 Å². The number of nitrogen functional groups attached to an aromatic ring is 2. The van der Waals surface area contributed by atoms with Crippen molar-refractivity contribution in [2.75, 3.05) is 41.4 Å². The van der Waals surface area contributed by atoms with Crippen LogP contribution >= 0.6 is 34.9 Å². The van der Waals surface area contributed by atoms with Crippen molar-refractivity contribution in [2.24, 2.45) is 12.2 Å². The molecule has 0 aliphatic carbocycles. The molecule has 14 nitrogen and oxygen atoms in total. The summed E-state index contributed by atoms with van der Waals surface area (Å²) < 4.78 is 1.82. The number of thiazole rings is 1. The summed E-state index contributed by atoms with van der Waals surface area (Å²) in [5.74, 6) is -1.08. The van der Waals surface area contributed by atoms with Gasteiger partial charge in [-0.3, -0.25) is 14.5 Å². The molecule has 4 heterocycles. The number of carbonyl (C=O) groups excluding carboxylic acids is 3. The van der Waals surface area contributed by atoms with Crippen LogP contribution in [-0.4, -0.2) is 74.4 Å². The minimum Gasteiger partial charge on any atom is -0.543 e. The number of hydrogen-bond donors (Lipinski definition) is 4. The highest BCUT2D eigenvalue weighted by Crippen LogP contribution is 2.41. The molecule has 0 bridgehead atoms. The van der Waals surface area contributed by atoms with Gasteiger partial charge in [0.2, 0.25) is 11.6 Å². The van der Waals surface area contributed by atoms with Gasteiger partial charge < -0.3 is 36.8 Å². The number of β-lactam (4-membered cyclic amide) rings is 1. The number of aliphatic carboxylic acids is 1. The number of carboxylic acid groups (broad SMARTS) is 1. The zero-order valence-electron chi connectivity index (χ0n) is 21.3. The maximum Gasteiger partial charge on any atom is 0.301 e. The smallest absolute Gasteiger partial charge is 0.301 e. The van der Waals surface area contributed by atoms with Crippen LogP contribution in [0.15, 0.2) is 33.0 Å². The van der Waals surface area contributed by atoms with E-state index in [9.17, 15) is 19.5 Å². The third kappa shape index (κ3) is 5.89. The third-order valence-electron chi connectivity index (χ3n) is 5.68. The second kappa shape index (κ2) is 12.1. The monoisotopic (exact) mass is 593 g/mol. The van der Waals surface area contributed by atoms with Crippen LogP contribution in [0.1, 0.15) is 19.5 Å². The van der Waals surface area contributed by atoms with E-state index in [0.29, 0.717) is 28.8 Å². The number of anilines is 3. The van der Waals surface area contributed by atoms with Crippen LogP contribution in [0, 0.1) is 0 Å². The van der Waals surface area contributed by atoms with Gasteiger partial charge in [0.15, 0.2) is 10.8 Å². The Bertz CT molecular complexity index is 1360. The molecule has 2 amide bonds. The van der Waals surface area contributed by atoms with Crippen molar-refractivity contribution in [1.82, 2.24) is 20.2 Å². The molecule has 6 N–H and O–H groups in total. The number of hydrogen-bond acceptors (Lipinski definition) is 14. The molecule has 2 aromatic rings. The predicted molar refractivity (Wildman–Crippen MR) is 146 cm³/mol. The van der Waals surface area contributed by atoms with Crippen LogP contribution in [-0.2, 0) is 26.3 Å². The van der Waals surface area contributed by atoms with Gasteiger partial charge in [0, 0.05) is 16.9 Å². The highest BCUT2D eigenvalue weighted by molar-refractivity contribution is 8.01. The fourth-order valence-electron chi connectivity index (χ4n) is 3.91. The number of amides is 2. The van der Waals surface area contributed by atoms with E-state index < -0.39 is 29.2 Å². The van der Waals surface area contributed by atoms with Crippen molar-refractivity contribution in [3.05, 3.63) is 28.4 Å². The Morgan fingerprint density at radius 3 is 2.77 bits per heavy atom. The summed E-state index contributed by atoms with van der Waals surface area (Å²) in [5.41, 5.74) is 12.0. The van der Waals surface area contributed by atoms with Crippen LogP contribution in [0.25, 0.3) is 0 Å². The first-order chi connectivity index (χ1) is 18.7. The second-order valence-electron chi connectivity index (χ2n) is 8.26. The molecule has 0 saturated carbocycles. The molecule has 2 aliphatic heterocycles. The Morgan fingerprint density at radius 2 is 2.13 bits per heavy atom. The van der Waals surface area contributed by atoms with Crippen molar-refractivity contribution in [2.45, 2.75) is 30.4 Å². The Kier molecular flexibility index (Phi) is 8.81. The van der Waals surface area contributed by atoms with Crippen LogP contribution in [0.3, 0.4) is 0 Å². The number of rotatable bonds is 11. The third-order valence-corrected chi connectivity index (χ3v) is 8.81. The molecule has 17 heteroatoms. The minimum absolute atomic E-state index is 0.135. The summed E-state index contributed by atoms with van der Waals surface area (Å²) >= 11 is 3.76. The van der Waals surface area contributed by atoms with Gasteiger partial charge in [-0.2, -0.15) is 0 Å². The maximum atomic E-state index is 13.1. The molecule has 1 unspecified atom stereocenters. The first kappa shape index (κ1) is 28.4. The summed E-state index contributed by atoms with van der Waals surface area (Å²) in [6.07, 6.45) is 0. The van der Waals surface area contributed by atoms with Crippen molar-refractivity contribution in [3.63, 3.8) is 0 Å². The van der Waals surface area contributed by atoms with Crippen molar-refractivity contribution in [3.8, 4) is 0 Å². The van der Waals surface area contributed by atoms with Crippen LogP contribution in [0.5, 0.6) is 0 Å². The van der Waals surface area contributed by atoms with E-state index in [1.54, 1.807) is 18.4 Å². The van der Waals surface area contributed by atoms with E-state index in [0.717, 1.165) is 22.1 Å². The van der Waals surface area contributed by atoms with Crippen molar-refractivity contribution < 1.29 is 28.9 Å². The van der Waals surface area contributed by atoms with Crippen LogP contribution in [0.2, 0.25) is 0 Å². The Balaban J connectivity index is 1.51. The SMILES string of the molecule is CCNc1cc(N)nc(SCC2=C(C(=O)[O-])N3C(=O)C(NC(=O)/C(=N\OCC)c4csc(N)n4)[C@H]3SC2)[n+]1C. The summed E-state index contributed by atoms with van der Waals surface area (Å²) in [5, 5.41) is 23.5. The summed E-state index contributed by atoms with van der Waals surface area (Å²) in [7, 11) is 1.82. The molecule has 1 saturated heterocycles. The van der Waals surface area contributed by atoms with Crippen molar-refractivity contribution in [1.29, 1.82) is 0 Å². The average molecular weight is 594 g/mol. The van der Waals surface area contributed by atoms with E-state index in [4.69, 9.17) is 16.3 Å². The lowest BCUT2D eigenvalue weighted by Gasteiger charge is -2.50. The lowest BCUT2D eigenvalue weighted by atomic mass is 10.0. The van der Waals surface area contributed by atoms with Crippen molar-refractivity contribution >= 4 is 75.1 Å². The number of fused-ring (bicyclic) bond motifs is 1. The first-order valence-corrected chi connectivity index (χ1v) is 14.7. The van der Waals surface area contributed by atoms with Crippen LogP contribution < -0.4 is 31.8 Å². The number of carboxylic acids is 1. The molecule has 0 radical (unpaired) electrons. The molecule has 4 rings (SSSR count). The topological polar surface area (TPSA) is 205 Å². The number of nitrogens with zero attached hydrogens (tertiary/aromatic N) is 5. The Hall–Kier alpha value is -3.57. The number of oxime groups is 1. The summed E-state index contributed by atoms with van der Waals surface area (Å²) in [6.45, 7) is 4.56. The first-order valence-electron chi connectivity index (χ1n) is 11.8. The van der Waals surface area contributed by atoms with E-state index in [-0.39, 0.29) is 34.6 Å². The fraction of sp³-hybridized carbons (Fsp3) is 0.409. The standard InChI is InChI=1S/C22H27N9O5S3/c1-4-25-13-6-12(23)27-22(30(13)3)39-8-10-7-37-19-15(18(33)31(19)16(10)20(34)35)28-17(32)14(29-36-5-2)11-9-38-21(24)26-11/h6,9,15,19H,4-5,7-8H2,1-3H3,(H6,23,24,25,26,28,32,34,35)/b29-14-/t15?,19-/m1/s1. The summed E-state index contributed by atoms with van der Waals surface area (Å²) in [4.78, 5) is 52.8. The van der Waals surface area contributed by atoms with E-state index in [2.05, 4.69) is 25.8 Å². The number of nitrogens with one attached hydrogen (secondary N) is 2. The highest BCUT2D eigenvalue weighted by atomic mass is 32.2. The van der Waals surface area contributed by atoms with Gasteiger partial charge in [-0.25, -0.2) is 9.55 Å². The van der Waals surface area contributed by atoms with Gasteiger partial charge in [0.05, 0.1) is 31.3 Å². The lowest BCUT2D eigenvalue weighted by Crippen LogP contribution is -2.71. The zero-order chi connectivity index (χ0) is 28.3. The molecular weight excluding hydrogens is 567 g/mol. The van der Waals surface area contributed by atoms with Crippen LogP contribution in [0.4, 0.5) is 16.8 Å². The molecular formula is C22H27N9O5S3. The second-order valence-corrected chi connectivity index (χ2v) is 11.2. The molecule has 39 heavy (non-hydrogen) atoms. The van der Waals surface area contributed by atoms with Gasteiger partial charge in [-0.05, 0) is 31.2 Å². The summed E-state index contributed by atoms with van der Waals surface area (Å²) in [6, 6.07) is 0.742. The molecule has 2 atom stereocenters. The van der Waals surface area contributed by atoms with E-state index in [1.807, 2.05) is 18.5 Å². The van der Waals surface area contributed by atoms with Gasteiger partial charge >= 0.3 is 5.16 Å². The number of aromatic nitrogens is 3. The quantitative estimate of drug-likeness (QED) is 0.0612. The zero-order valence-corrected chi connectivity index (χ0v) is 23.7. The normalized spacial score (nSPS) is 18.9. The molecule has 2 aromatic heterocycles. The largest absolute Gasteiger partial charge is 0.543 e. The lowest BCUT2D eigenvalue weighted by molar-refractivity contribution is -0.699. The predicted octanol–water partition coefficient (Wildman–Crippen LogP) is -1.10. The number of carbonyl (C=O) groups is 3. The molecule has 0 spiro atoms. The van der Waals surface area contributed by atoms with Gasteiger partial charge in [0.1, 0.15) is 23.7 Å². The Labute approximate surface area is 236 Å². The van der Waals surface area contributed by atoms with Gasteiger partial charge in [-0.15, -0.1) is 23.1 Å². The fourth-order valence-corrected chi connectivity index (χ4v) is 6.94. The molecule has 1 fully saturated rings. The number of thioether (sulfide) groups is 2. The Morgan fingerprint density at radius 1 is 1.36 bits per heavy atom. The average Bonchev–Trinajstić information content (AvgIpc) is 3.33. The molecule has 0 aromatic carbocycles. The van der Waals surface area contributed by atoms with Gasteiger partial charge in [-0.1, -0.05) is 10.1 Å². The maximum absolute atomic E-state index is 13.1. The molecule has 208 valence electrons. The molecule has 2 aliphatic rings.